The monoisotopic (exact) mass is 271 g/mol. The summed E-state index contributed by atoms with van der Waals surface area (Å²) in [6.07, 6.45) is 7.62. The Labute approximate surface area is 115 Å². The lowest BCUT2D eigenvalue weighted by Gasteiger charge is -2.14. The van der Waals surface area contributed by atoms with Crippen LogP contribution in [0, 0.1) is 5.82 Å². The van der Waals surface area contributed by atoms with Crippen LogP contribution in [0.15, 0.2) is 49.1 Å². The minimum absolute atomic E-state index is 0.109. The molecule has 2 heterocycles. The van der Waals surface area contributed by atoms with Gasteiger partial charge in [-0.25, -0.2) is 8.91 Å². The Kier molecular flexibility index (Phi) is 3.41. The Morgan fingerprint density at radius 3 is 2.80 bits per heavy atom. The van der Waals surface area contributed by atoms with E-state index in [0.29, 0.717) is 6.42 Å². The highest BCUT2D eigenvalue weighted by atomic mass is 19.1. The summed E-state index contributed by atoms with van der Waals surface area (Å²) in [6.45, 7) is 0. The second-order valence-corrected chi connectivity index (χ2v) is 4.56. The van der Waals surface area contributed by atoms with E-state index >= 15 is 0 Å². The molecule has 102 valence electrons. The highest BCUT2D eigenvalue weighted by molar-refractivity contribution is 5.53. The summed E-state index contributed by atoms with van der Waals surface area (Å²) in [6, 6.07) is 6.29. The van der Waals surface area contributed by atoms with Crippen LogP contribution in [0.3, 0.4) is 0 Å². The molecule has 0 spiro atoms. The lowest BCUT2D eigenvalue weighted by molar-refractivity contribution is 0.554. The van der Waals surface area contributed by atoms with Crippen LogP contribution in [0.4, 0.5) is 4.39 Å². The van der Waals surface area contributed by atoms with Gasteiger partial charge in [0.25, 0.3) is 0 Å². The molecule has 20 heavy (non-hydrogen) atoms. The first-order valence-corrected chi connectivity index (χ1v) is 6.26. The van der Waals surface area contributed by atoms with E-state index in [0.717, 1.165) is 16.6 Å². The normalized spacial score (nSPS) is 12.7. The number of hydrogen-bond acceptors (Lipinski definition) is 4. The molecule has 0 aliphatic heterocycles. The van der Waals surface area contributed by atoms with Crippen LogP contribution in [0.1, 0.15) is 17.2 Å². The maximum absolute atomic E-state index is 12.9. The van der Waals surface area contributed by atoms with E-state index in [9.17, 15) is 4.39 Å². The summed E-state index contributed by atoms with van der Waals surface area (Å²) < 4.78 is 14.7. The molecule has 1 unspecified atom stereocenters. The smallest absolute Gasteiger partial charge is 0.123 e. The molecule has 0 saturated carbocycles. The zero-order valence-electron chi connectivity index (χ0n) is 10.7. The molecular weight excluding hydrogens is 257 g/mol. The highest BCUT2D eigenvalue weighted by Gasteiger charge is 2.15. The van der Waals surface area contributed by atoms with Gasteiger partial charge in [-0.3, -0.25) is 16.3 Å². The zero-order chi connectivity index (χ0) is 13.9. The number of hydrazine groups is 1. The molecule has 1 atom stereocenters. The zero-order valence-corrected chi connectivity index (χ0v) is 10.7. The summed E-state index contributed by atoms with van der Waals surface area (Å²) in [5, 5.41) is 4.26. The van der Waals surface area contributed by atoms with Crippen molar-refractivity contribution < 1.29 is 4.39 Å². The fourth-order valence-electron chi connectivity index (χ4n) is 2.24. The number of nitrogens with one attached hydrogen (secondary N) is 1. The van der Waals surface area contributed by atoms with E-state index < -0.39 is 0 Å². The Balaban J connectivity index is 1.91. The van der Waals surface area contributed by atoms with Gasteiger partial charge >= 0.3 is 0 Å². The largest absolute Gasteiger partial charge is 0.271 e. The lowest BCUT2D eigenvalue weighted by atomic mass is 10.0. The molecule has 0 radical (unpaired) electrons. The average molecular weight is 271 g/mol. The van der Waals surface area contributed by atoms with Crippen molar-refractivity contribution in [3.8, 4) is 0 Å². The van der Waals surface area contributed by atoms with Gasteiger partial charge in [0, 0.05) is 18.0 Å². The van der Waals surface area contributed by atoms with Crippen LogP contribution >= 0.6 is 0 Å². The van der Waals surface area contributed by atoms with Crippen molar-refractivity contribution in [1.29, 1.82) is 0 Å². The van der Waals surface area contributed by atoms with Crippen molar-refractivity contribution in [3.63, 3.8) is 0 Å². The maximum atomic E-state index is 12.9. The van der Waals surface area contributed by atoms with E-state index in [2.05, 4.69) is 15.5 Å². The van der Waals surface area contributed by atoms with Gasteiger partial charge in [0.1, 0.15) is 5.82 Å². The SMILES string of the molecule is NNC(Cc1ccc(F)cc1)c1cnn2ccncc12. The molecule has 6 heteroatoms. The number of benzene rings is 1. The van der Waals surface area contributed by atoms with Crippen LogP contribution in [0.25, 0.3) is 5.52 Å². The van der Waals surface area contributed by atoms with E-state index in [-0.39, 0.29) is 11.9 Å². The van der Waals surface area contributed by atoms with Crippen LogP contribution in [-0.2, 0) is 6.42 Å². The third-order valence-electron chi connectivity index (χ3n) is 3.28. The predicted molar refractivity (Wildman–Crippen MR) is 73.2 cm³/mol. The maximum Gasteiger partial charge on any atom is 0.123 e. The Hall–Kier alpha value is -2.31. The molecule has 3 aromatic rings. The molecule has 3 N–H and O–H groups in total. The van der Waals surface area contributed by atoms with Crippen molar-refractivity contribution in [1.82, 2.24) is 20.0 Å². The number of hydrogen-bond donors (Lipinski definition) is 2. The van der Waals surface area contributed by atoms with Gasteiger partial charge in [-0.2, -0.15) is 5.10 Å². The second-order valence-electron chi connectivity index (χ2n) is 4.56. The fourth-order valence-corrected chi connectivity index (χ4v) is 2.24. The topological polar surface area (TPSA) is 68.2 Å². The lowest BCUT2D eigenvalue weighted by Crippen LogP contribution is -2.29. The summed E-state index contributed by atoms with van der Waals surface area (Å²) in [5.74, 6) is 5.41. The summed E-state index contributed by atoms with van der Waals surface area (Å²) in [5.41, 5.74) is 5.65. The van der Waals surface area contributed by atoms with Gasteiger partial charge in [0.15, 0.2) is 0 Å². The van der Waals surface area contributed by atoms with E-state index in [1.807, 2.05) is 0 Å². The second kappa shape index (κ2) is 5.36. The number of aromatic nitrogens is 3. The standard InChI is InChI=1S/C14H14FN5/c15-11-3-1-10(2-4-11)7-13(19-16)12-8-18-20-6-5-17-9-14(12)20/h1-6,8-9,13,19H,7,16H2. The molecule has 0 aliphatic rings. The first kappa shape index (κ1) is 12.7. The number of nitrogens with zero attached hydrogens (tertiary/aromatic N) is 3. The molecule has 3 rings (SSSR count). The van der Waals surface area contributed by atoms with Gasteiger partial charge in [0.05, 0.1) is 24.0 Å². The van der Waals surface area contributed by atoms with Crippen molar-refractivity contribution in [2.75, 3.05) is 0 Å². The quantitative estimate of drug-likeness (QED) is 0.559. The molecule has 5 nitrogen and oxygen atoms in total. The predicted octanol–water partition coefficient (Wildman–Crippen LogP) is 1.62. The van der Waals surface area contributed by atoms with Crippen molar-refractivity contribution in [3.05, 3.63) is 66.0 Å². The minimum atomic E-state index is -0.244. The number of halogens is 1. The molecule has 0 amide bonds. The molecule has 0 aliphatic carbocycles. The molecule has 0 saturated heterocycles. The minimum Gasteiger partial charge on any atom is -0.271 e. The average Bonchev–Trinajstić information content (AvgIpc) is 2.91. The van der Waals surface area contributed by atoms with E-state index in [1.54, 1.807) is 41.4 Å². The third kappa shape index (κ3) is 2.38. The van der Waals surface area contributed by atoms with Gasteiger partial charge in [0.2, 0.25) is 0 Å². The molecule has 1 aromatic carbocycles. The van der Waals surface area contributed by atoms with Crippen LogP contribution in [0.5, 0.6) is 0 Å². The van der Waals surface area contributed by atoms with Gasteiger partial charge < -0.3 is 0 Å². The van der Waals surface area contributed by atoms with Gasteiger partial charge in [-0.15, -0.1) is 0 Å². The number of rotatable bonds is 4. The van der Waals surface area contributed by atoms with Crippen LogP contribution in [-0.4, -0.2) is 14.6 Å². The fraction of sp³-hybridized carbons (Fsp3) is 0.143. The first-order chi connectivity index (χ1) is 9.78. The summed E-state index contributed by atoms with van der Waals surface area (Å²) >= 11 is 0. The number of fused-ring (bicyclic) bond motifs is 1. The molecule has 0 bridgehead atoms. The van der Waals surface area contributed by atoms with E-state index in [1.165, 1.54) is 12.1 Å². The highest BCUT2D eigenvalue weighted by Crippen LogP contribution is 2.21. The first-order valence-electron chi connectivity index (χ1n) is 6.26. The Morgan fingerprint density at radius 1 is 1.25 bits per heavy atom. The third-order valence-corrected chi connectivity index (χ3v) is 3.28. The van der Waals surface area contributed by atoms with Crippen LogP contribution < -0.4 is 11.3 Å². The Morgan fingerprint density at radius 2 is 2.05 bits per heavy atom. The molecular formula is C14H14FN5. The van der Waals surface area contributed by atoms with Gasteiger partial charge in [-0.05, 0) is 24.1 Å². The van der Waals surface area contributed by atoms with E-state index in [4.69, 9.17) is 5.84 Å². The van der Waals surface area contributed by atoms with Crippen molar-refractivity contribution >= 4 is 5.52 Å². The molecule has 0 fully saturated rings. The van der Waals surface area contributed by atoms with Gasteiger partial charge in [-0.1, -0.05) is 12.1 Å². The molecule has 2 aromatic heterocycles. The Bertz CT molecular complexity index is 707. The number of nitrogens with two attached hydrogens (primary N) is 1. The summed E-state index contributed by atoms with van der Waals surface area (Å²) in [4.78, 5) is 4.10. The van der Waals surface area contributed by atoms with Crippen molar-refractivity contribution in [2.45, 2.75) is 12.5 Å². The van der Waals surface area contributed by atoms with Crippen molar-refractivity contribution in [2.24, 2.45) is 5.84 Å². The van der Waals surface area contributed by atoms with Crippen LogP contribution in [0.2, 0.25) is 0 Å². The summed E-state index contributed by atoms with van der Waals surface area (Å²) in [7, 11) is 0.